The van der Waals surface area contributed by atoms with Crippen LogP contribution in [0.2, 0.25) is 0 Å². The summed E-state index contributed by atoms with van der Waals surface area (Å²) in [6.07, 6.45) is 1.51. The van der Waals surface area contributed by atoms with Crippen molar-refractivity contribution in [3.05, 3.63) is 0 Å². The zero-order valence-electron chi connectivity index (χ0n) is 7.16. The standard InChI is InChI=1S/C5H12BrNO4S2/c1-12(8,9)5-13(10,11)7-4-2-3-6/h7H,2-5H2,1H3. The molecule has 1 N–H and O–H groups in total. The van der Waals surface area contributed by atoms with Crippen LogP contribution in [0.1, 0.15) is 6.42 Å². The van der Waals surface area contributed by atoms with Gasteiger partial charge in [0, 0.05) is 18.1 Å². The van der Waals surface area contributed by atoms with E-state index in [4.69, 9.17) is 0 Å². The summed E-state index contributed by atoms with van der Waals surface area (Å²) in [7, 11) is -7.15. The Labute approximate surface area is 87.0 Å². The Kier molecular flexibility index (Phi) is 5.42. The maximum Gasteiger partial charge on any atom is 0.226 e. The summed E-state index contributed by atoms with van der Waals surface area (Å²) in [5, 5.41) is -0.170. The third kappa shape index (κ3) is 8.66. The van der Waals surface area contributed by atoms with E-state index in [1.165, 1.54) is 0 Å². The highest BCUT2D eigenvalue weighted by Crippen LogP contribution is 1.93. The second-order valence-electron chi connectivity index (χ2n) is 2.60. The number of hydrogen-bond donors (Lipinski definition) is 1. The number of sulfonamides is 1. The van der Waals surface area contributed by atoms with E-state index in [9.17, 15) is 16.8 Å². The molecule has 0 aliphatic heterocycles. The Morgan fingerprint density at radius 1 is 1.23 bits per heavy atom. The highest BCUT2D eigenvalue weighted by atomic mass is 79.9. The Balaban J connectivity index is 4.12. The number of alkyl halides is 1. The van der Waals surface area contributed by atoms with E-state index in [0.29, 0.717) is 11.8 Å². The van der Waals surface area contributed by atoms with Crippen molar-refractivity contribution >= 4 is 35.8 Å². The zero-order valence-corrected chi connectivity index (χ0v) is 10.4. The first kappa shape index (κ1) is 13.3. The lowest BCUT2D eigenvalue weighted by molar-refractivity contribution is 0.580. The molecule has 0 heterocycles. The quantitative estimate of drug-likeness (QED) is 0.538. The predicted octanol–water partition coefficient (Wildman–Crippen LogP) is -0.307. The van der Waals surface area contributed by atoms with Crippen molar-refractivity contribution in [2.75, 3.05) is 23.2 Å². The van der Waals surface area contributed by atoms with Crippen LogP contribution in [0, 0.1) is 0 Å². The lowest BCUT2D eigenvalue weighted by Crippen LogP contribution is -2.30. The van der Waals surface area contributed by atoms with Crippen LogP contribution in [0.25, 0.3) is 0 Å². The van der Waals surface area contributed by atoms with Crippen LogP contribution in [-0.2, 0) is 19.9 Å². The molecule has 0 spiro atoms. The van der Waals surface area contributed by atoms with Crippen molar-refractivity contribution in [3.63, 3.8) is 0 Å². The zero-order chi connectivity index (χ0) is 10.5. The van der Waals surface area contributed by atoms with Crippen LogP contribution in [0.4, 0.5) is 0 Å². The Bertz CT molecular complexity index is 334. The molecular formula is C5H12BrNO4S2. The first-order valence-electron chi connectivity index (χ1n) is 3.48. The molecule has 0 unspecified atom stereocenters. The van der Waals surface area contributed by atoms with E-state index < -0.39 is 24.9 Å². The van der Waals surface area contributed by atoms with Crippen molar-refractivity contribution in [3.8, 4) is 0 Å². The molecule has 0 aliphatic carbocycles. The van der Waals surface area contributed by atoms with Crippen molar-refractivity contribution in [1.29, 1.82) is 0 Å². The molecule has 0 radical (unpaired) electrons. The minimum atomic E-state index is -3.67. The summed E-state index contributed by atoms with van der Waals surface area (Å²) in [4.78, 5) is 0. The van der Waals surface area contributed by atoms with Crippen LogP contribution in [0.5, 0.6) is 0 Å². The van der Waals surface area contributed by atoms with Gasteiger partial charge in [0.15, 0.2) is 14.9 Å². The highest BCUT2D eigenvalue weighted by molar-refractivity contribution is 9.09. The molecule has 8 heteroatoms. The van der Waals surface area contributed by atoms with Gasteiger partial charge < -0.3 is 0 Å². The molecule has 0 bridgehead atoms. The Hall–Kier alpha value is 0.340. The van der Waals surface area contributed by atoms with E-state index in [1.54, 1.807) is 0 Å². The van der Waals surface area contributed by atoms with Gasteiger partial charge in [-0.05, 0) is 6.42 Å². The molecule has 0 rings (SSSR count). The average molecular weight is 294 g/mol. The Morgan fingerprint density at radius 3 is 2.15 bits per heavy atom. The maximum atomic E-state index is 11.0. The van der Waals surface area contributed by atoms with Gasteiger partial charge >= 0.3 is 0 Å². The topological polar surface area (TPSA) is 80.3 Å². The third-order valence-electron chi connectivity index (χ3n) is 1.00. The van der Waals surface area contributed by atoms with Gasteiger partial charge in [-0.15, -0.1) is 0 Å². The smallest absolute Gasteiger partial charge is 0.226 e. The molecule has 0 saturated carbocycles. The van der Waals surface area contributed by atoms with Gasteiger partial charge in [-0.3, -0.25) is 0 Å². The molecule has 0 fully saturated rings. The van der Waals surface area contributed by atoms with E-state index in [-0.39, 0.29) is 6.54 Å². The molecule has 0 aromatic rings. The second-order valence-corrected chi connectivity index (χ2v) is 7.70. The van der Waals surface area contributed by atoms with Crippen LogP contribution < -0.4 is 4.72 Å². The van der Waals surface area contributed by atoms with Gasteiger partial charge in [-0.2, -0.15) is 0 Å². The summed E-state index contributed by atoms with van der Waals surface area (Å²) in [6.45, 7) is 0.253. The maximum absolute atomic E-state index is 11.0. The summed E-state index contributed by atoms with van der Waals surface area (Å²) < 4.78 is 45.5. The normalized spacial score (nSPS) is 13.1. The second kappa shape index (κ2) is 5.28. The van der Waals surface area contributed by atoms with E-state index >= 15 is 0 Å². The number of hydrogen-bond acceptors (Lipinski definition) is 4. The fourth-order valence-electron chi connectivity index (χ4n) is 0.618. The van der Waals surface area contributed by atoms with E-state index in [0.717, 1.165) is 6.26 Å². The molecule has 0 aromatic heterocycles. The minimum absolute atomic E-state index is 0.253. The monoisotopic (exact) mass is 293 g/mol. The van der Waals surface area contributed by atoms with Gasteiger partial charge in [-0.1, -0.05) is 15.9 Å². The number of nitrogens with one attached hydrogen (secondary N) is 1. The summed E-state index contributed by atoms with van der Waals surface area (Å²) in [6, 6.07) is 0. The summed E-state index contributed by atoms with van der Waals surface area (Å²) in [5.41, 5.74) is 0. The molecule has 0 saturated heterocycles. The first-order chi connectivity index (χ1) is 5.77. The third-order valence-corrected chi connectivity index (χ3v) is 5.16. The Morgan fingerprint density at radius 2 is 1.77 bits per heavy atom. The van der Waals surface area contributed by atoms with Gasteiger partial charge in [-0.25, -0.2) is 21.6 Å². The summed E-state index contributed by atoms with van der Waals surface area (Å²) in [5.74, 6) is 0. The van der Waals surface area contributed by atoms with Crippen molar-refractivity contribution < 1.29 is 16.8 Å². The fraction of sp³-hybridized carbons (Fsp3) is 1.00. The number of rotatable bonds is 6. The molecule has 0 atom stereocenters. The lowest BCUT2D eigenvalue weighted by atomic mass is 10.5. The van der Waals surface area contributed by atoms with Crippen molar-refractivity contribution in [1.82, 2.24) is 4.72 Å². The van der Waals surface area contributed by atoms with Gasteiger partial charge in [0.1, 0.15) is 0 Å². The molecule has 5 nitrogen and oxygen atoms in total. The van der Waals surface area contributed by atoms with E-state index in [2.05, 4.69) is 20.7 Å². The minimum Gasteiger partial charge on any atom is -0.228 e. The molecule has 80 valence electrons. The van der Waals surface area contributed by atoms with Crippen LogP contribution in [0.3, 0.4) is 0 Å². The lowest BCUT2D eigenvalue weighted by Gasteiger charge is -2.03. The fourth-order valence-corrected chi connectivity index (χ4v) is 3.94. The van der Waals surface area contributed by atoms with Gasteiger partial charge in [0.25, 0.3) is 0 Å². The van der Waals surface area contributed by atoms with Crippen molar-refractivity contribution in [2.45, 2.75) is 6.42 Å². The molecule has 0 amide bonds. The molecule has 13 heavy (non-hydrogen) atoms. The van der Waals surface area contributed by atoms with Gasteiger partial charge in [0.2, 0.25) is 10.0 Å². The van der Waals surface area contributed by atoms with Crippen molar-refractivity contribution in [2.24, 2.45) is 0 Å². The number of halogens is 1. The van der Waals surface area contributed by atoms with E-state index in [1.807, 2.05) is 0 Å². The largest absolute Gasteiger partial charge is 0.228 e. The van der Waals surface area contributed by atoms with Crippen LogP contribution >= 0.6 is 15.9 Å². The highest BCUT2D eigenvalue weighted by Gasteiger charge is 2.16. The van der Waals surface area contributed by atoms with Crippen LogP contribution in [-0.4, -0.2) is 40.1 Å². The SMILES string of the molecule is CS(=O)(=O)CS(=O)(=O)NCCCBr. The predicted molar refractivity (Wildman–Crippen MR) is 55.0 cm³/mol. The van der Waals surface area contributed by atoms with Gasteiger partial charge in [0.05, 0.1) is 0 Å². The molecular weight excluding hydrogens is 282 g/mol. The molecule has 0 aliphatic rings. The average Bonchev–Trinajstić information content (AvgIpc) is 1.81. The summed E-state index contributed by atoms with van der Waals surface area (Å²) >= 11 is 3.13. The number of sulfone groups is 1. The molecule has 0 aromatic carbocycles. The van der Waals surface area contributed by atoms with Crippen LogP contribution in [0.15, 0.2) is 0 Å². The first-order valence-corrected chi connectivity index (χ1v) is 8.31.